The van der Waals surface area contributed by atoms with Crippen molar-refractivity contribution in [2.24, 2.45) is 4.99 Å². The molecule has 1 aromatic heterocycles. The van der Waals surface area contributed by atoms with Gasteiger partial charge in [-0.2, -0.15) is 0 Å². The second-order valence-corrected chi connectivity index (χ2v) is 7.59. The zero-order valence-corrected chi connectivity index (χ0v) is 16.8. The molecule has 2 aliphatic rings. The van der Waals surface area contributed by atoms with Crippen LogP contribution in [0, 0.1) is 0 Å². The molecule has 0 aromatic carbocycles. The van der Waals surface area contributed by atoms with Gasteiger partial charge < -0.3 is 10.2 Å². The number of thiophene rings is 1. The number of guanidine groups is 1. The van der Waals surface area contributed by atoms with Crippen LogP contribution in [0.2, 0.25) is 4.34 Å². The first-order valence-corrected chi connectivity index (χ1v) is 8.89. The summed E-state index contributed by atoms with van der Waals surface area (Å²) in [5.41, 5.74) is 0. The quantitative estimate of drug-likeness (QED) is 0.432. The molecule has 0 bridgehead atoms. The van der Waals surface area contributed by atoms with Crippen molar-refractivity contribution in [3.8, 4) is 0 Å². The van der Waals surface area contributed by atoms with Crippen molar-refractivity contribution in [2.45, 2.75) is 31.8 Å². The SMILES string of the molecule is CN=C(NC1CCC1)N1CCN(Cc2ccc(Cl)s2)CC1.I. The predicted molar refractivity (Wildman–Crippen MR) is 106 cm³/mol. The van der Waals surface area contributed by atoms with Crippen molar-refractivity contribution in [1.82, 2.24) is 15.1 Å². The number of hydrogen-bond donors (Lipinski definition) is 1. The molecule has 7 heteroatoms. The lowest BCUT2D eigenvalue weighted by molar-refractivity contribution is 0.171. The van der Waals surface area contributed by atoms with Crippen LogP contribution in [0.15, 0.2) is 17.1 Å². The van der Waals surface area contributed by atoms with E-state index in [9.17, 15) is 0 Å². The van der Waals surface area contributed by atoms with Gasteiger partial charge in [-0.25, -0.2) is 0 Å². The lowest BCUT2D eigenvalue weighted by Gasteiger charge is -2.38. The van der Waals surface area contributed by atoms with Crippen molar-refractivity contribution < 1.29 is 0 Å². The minimum absolute atomic E-state index is 0. The van der Waals surface area contributed by atoms with Gasteiger partial charge in [0.2, 0.25) is 0 Å². The Hall–Kier alpha value is -0.0500. The molecule has 2 fully saturated rings. The fourth-order valence-electron chi connectivity index (χ4n) is 2.81. The number of halogens is 2. The van der Waals surface area contributed by atoms with E-state index in [2.05, 4.69) is 26.2 Å². The van der Waals surface area contributed by atoms with Gasteiger partial charge in [0.25, 0.3) is 0 Å². The molecule has 1 N–H and O–H groups in total. The van der Waals surface area contributed by atoms with E-state index in [-0.39, 0.29) is 24.0 Å². The maximum Gasteiger partial charge on any atom is 0.193 e. The van der Waals surface area contributed by atoms with Gasteiger partial charge >= 0.3 is 0 Å². The lowest BCUT2D eigenvalue weighted by Crippen LogP contribution is -2.54. The highest BCUT2D eigenvalue weighted by atomic mass is 127. The molecule has 0 radical (unpaired) electrons. The first kappa shape index (κ1) is 18.3. The Morgan fingerprint density at radius 1 is 1.32 bits per heavy atom. The summed E-state index contributed by atoms with van der Waals surface area (Å²) in [7, 11) is 1.89. The molecule has 1 saturated carbocycles. The Balaban J connectivity index is 0.00000176. The number of nitrogens with one attached hydrogen (secondary N) is 1. The zero-order valence-electron chi connectivity index (χ0n) is 12.9. The fourth-order valence-corrected chi connectivity index (χ4v) is 3.94. The van der Waals surface area contributed by atoms with Gasteiger partial charge in [0.15, 0.2) is 5.96 Å². The minimum Gasteiger partial charge on any atom is -0.354 e. The Labute approximate surface area is 158 Å². The summed E-state index contributed by atoms with van der Waals surface area (Å²) in [6.07, 6.45) is 3.93. The van der Waals surface area contributed by atoms with Crippen molar-refractivity contribution in [1.29, 1.82) is 0 Å². The Morgan fingerprint density at radius 3 is 2.55 bits per heavy atom. The number of rotatable bonds is 3. The molecular formula is C15H24ClIN4S. The molecule has 2 heterocycles. The first-order chi connectivity index (χ1) is 10.2. The van der Waals surface area contributed by atoms with Crippen LogP contribution in [0.1, 0.15) is 24.1 Å². The van der Waals surface area contributed by atoms with Crippen LogP contribution in [-0.4, -0.2) is 55.0 Å². The minimum atomic E-state index is 0. The van der Waals surface area contributed by atoms with Crippen LogP contribution in [-0.2, 0) is 6.54 Å². The molecule has 1 saturated heterocycles. The molecule has 1 aliphatic heterocycles. The standard InChI is InChI=1S/C15H23ClN4S.HI/c1-17-15(18-12-3-2-4-12)20-9-7-19(8-10-20)11-13-5-6-14(16)21-13;/h5-6,12H,2-4,7-11H2,1H3,(H,17,18);1H. The largest absolute Gasteiger partial charge is 0.354 e. The zero-order chi connectivity index (χ0) is 14.7. The maximum absolute atomic E-state index is 6.00. The molecule has 22 heavy (non-hydrogen) atoms. The summed E-state index contributed by atoms with van der Waals surface area (Å²) in [4.78, 5) is 10.7. The van der Waals surface area contributed by atoms with Crippen molar-refractivity contribution >= 4 is 52.9 Å². The highest BCUT2D eigenvalue weighted by Gasteiger charge is 2.24. The van der Waals surface area contributed by atoms with E-state index in [1.165, 1.54) is 24.1 Å². The van der Waals surface area contributed by atoms with Crippen LogP contribution < -0.4 is 5.32 Å². The summed E-state index contributed by atoms with van der Waals surface area (Å²) in [6, 6.07) is 4.77. The monoisotopic (exact) mass is 454 g/mol. The van der Waals surface area contributed by atoms with Gasteiger partial charge in [-0.1, -0.05) is 11.6 Å². The predicted octanol–water partition coefficient (Wildman–Crippen LogP) is 3.27. The highest BCUT2D eigenvalue weighted by Crippen LogP contribution is 2.23. The molecule has 1 aliphatic carbocycles. The van der Waals surface area contributed by atoms with Crippen molar-refractivity contribution in [3.63, 3.8) is 0 Å². The van der Waals surface area contributed by atoms with E-state index < -0.39 is 0 Å². The average molecular weight is 455 g/mol. The van der Waals surface area contributed by atoms with Gasteiger partial charge in [0.1, 0.15) is 0 Å². The summed E-state index contributed by atoms with van der Waals surface area (Å²) in [6.45, 7) is 5.28. The third kappa shape index (κ3) is 4.72. The average Bonchev–Trinajstić information content (AvgIpc) is 2.85. The fraction of sp³-hybridized carbons (Fsp3) is 0.667. The van der Waals surface area contributed by atoms with E-state index >= 15 is 0 Å². The van der Waals surface area contributed by atoms with E-state index in [1.807, 2.05) is 13.1 Å². The Bertz CT molecular complexity index is 495. The molecule has 0 atom stereocenters. The van der Waals surface area contributed by atoms with Gasteiger partial charge in [-0.3, -0.25) is 9.89 Å². The maximum atomic E-state index is 6.00. The molecule has 0 amide bonds. The number of piperazine rings is 1. The summed E-state index contributed by atoms with van der Waals surface area (Å²) in [5.74, 6) is 1.08. The summed E-state index contributed by atoms with van der Waals surface area (Å²) >= 11 is 7.68. The summed E-state index contributed by atoms with van der Waals surface area (Å²) in [5, 5.41) is 3.58. The van der Waals surface area contributed by atoms with Crippen LogP contribution >= 0.6 is 46.9 Å². The lowest BCUT2D eigenvalue weighted by atomic mass is 9.93. The second-order valence-electron chi connectivity index (χ2n) is 5.79. The molecule has 0 spiro atoms. The topological polar surface area (TPSA) is 30.9 Å². The van der Waals surface area contributed by atoms with Gasteiger partial charge in [0, 0.05) is 50.7 Å². The molecule has 1 aromatic rings. The number of aliphatic imine (C=N–C) groups is 1. The van der Waals surface area contributed by atoms with Gasteiger partial charge in [0.05, 0.1) is 4.34 Å². The summed E-state index contributed by atoms with van der Waals surface area (Å²) < 4.78 is 0.883. The van der Waals surface area contributed by atoms with Crippen molar-refractivity contribution in [2.75, 3.05) is 33.2 Å². The van der Waals surface area contributed by atoms with Gasteiger partial charge in [-0.15, -0.1) is 35.3 Å². The Kier molecular flexibility index (Phi) is 7.24. The third-order valence-electron chi connectivity index (χ3n) is 4.33. The van der Waals surface area contributed by atoms with E-state index in [0.29, 0.717) is 6.04 Å². The second kappa shape index (κ2) is 8.70. The normalized spacial score (nSPS) is 20.5. The Morgan fingerprint density at radius 2 is 2.05 bits per heavy atom. The van der Waals surface area contributed by atoms with Crippen molar-refractivity contribution in [3.05, 3.63) is 21.3 Å². The van der Waals surface area contributed by atoms with Crippen LogP contribution in [0.4, 0.5) is 0 Å². The molecular weight excluding hydrogens is 431 g/mol. The van der Waals surface area contributed by atoms with Gasteiger partial charge in [-0.05, 0) is 31.4 Å². The molecule has 0 unspecified atom stereocenters. The van der Waals surface area contributed by atoms with E-state index in [0.717, 1.165) is 43.0 Å². The smallest absolute Gasteiger partial charge is 0.193 e. The molecule has 124 valence electrons. The van der Waals surface area contributed by atoms with Crippen LogP contribution in [0.5, 0.6) is 0 Å². The van der Waals surface area contributed by atoms with Crippen LogP contribution in [0.3, 0.4) is 0 Å². The first-order valence-electron chi connectivity index (χ1n) is 7.69. The number of nitrogens with zero attached hydrogens (tertiary/aromatic N) is 3. The molecule has 4 nitrogen and oxygen atoms in total. The van der Waals surface area contributed by atoms with E-state index in [1.54, 1.807) is 11.3 Å². The number of hydrogen-bond acceptors (Lipinski definition) is 3. The molecule has 3 rings (SSSR count). The van der Waals surface area contributed by atoms with E-state index in [4.69, 9.17) is 11.6 Å². The highest BCUT2D eigenvalue weighted by molar-refractivity contribution is 14.0. The third-order valence-corrected chi connectivity index (χ3v) is 5.55. The van der Waals surface area contributed by atoms with Crippen LogP contribution in [0.25, 0.3) is 0 Å².